The average molecular weight is 265 g/mol. The highest BCUT2D eigenvalue weighted by Crippen LogP contribution is 2.23. The highest BCUT2D eigenvalue weighted by atomic mass is 35.5. The fourth-order valence-corrected chi connectivity index (χ4v) is 1.56. The van der Waals surface area contributed by atoms with Gasteiger partial charge in [-0.05, 0) is 12.1 Å². The highest BCUT2D eigenvalue weighted by Gasteiger charge is 2.26. The predicted molar refractivity (Wildman–Crippen MR) is 56.8 cm³/mol. The second-order valence-corrected chi connectivity index (χ2v) is 3.82. The monoisotopic (exact) mass is 264 g/mol. The number of halogens is 4. The van der Waals surface area contributed by atoms with Crippen LogP contribution in [0.3, 0.4) is 0 Å². The van der Waals surface area contributed by atoms with E-state index in [0.29, 0.717) is 16.1 Å². The lowest BCUT2D eigenvalue weighted by Gasteiger charge is -2.05. The molecule has 0 unspecified atom stereocenters. The molecule has 0 saturated carbocycles. The third kappa shape index (κ3) is 3.10. The lowest BCUT2D eigenvalue weighted by Crippen LogP contribution is -2.28. The summed E-state index contributed by atoms with van der Waals surface area (Å²) in [7, 11) is 0. The first-order chi connectivity index (χ1) is 7.96. The van der Waals surface area contributed by atoms with Gasteiger partial charge in [-0.25, -0.2) is 4.98 Å². The van der Waals surface area contributed by atoms with Crippen molar-refractivity contribution in [3.63, 3.8) is 0 Å². The van der Waals surface area contributed by atoms with Crippen LogP contribution in [0.5, 0.6) is 0 Å². The van der Waals surface area contributed by atoms with Gasteiger partial charge in [0.05, 0.1) is 18.1 Å². The minimum absolute atomic E-state index is 0.0927. The molecule has 2 aromatic rings. The van der Waals surface area contributed by atoms with Crippen molar-refractivity contribution in [1.29, 1.82) is 0 Å². The Kier molecular flexibility index (Phi) is 3.26. The van der Waals surface area contributed by atoms with Gasteiger partial charge in [0.15, 0.2) is 5.58 Å². The maximum atomic E-state index is 11.9. The normalized spacial score (nSPS) is 12.2. The predicted octanol–water partition coefficient (Wildman–Crippen LogP) is 3.13. The molecule has 0 amide bonds. The van der Waals surface area contributed by atoms with E-state index in [1.807, 2.05) is 0 Å². The van der Waals surface area contributed by atoms with Crippen LogP contribution in [0.1, 0.15) is 5.89 Å². The summed E-state index contributed by atoms with van der Waals surface area (Å²) < 4.78 is 40.9. The summed E-state index contributed by atoms with van der Waals surface area (Å²) >= 11 is 5.84. The van der Waals surface area contributed by atoms with Crippen LogP contribution < -0.4 is 5.32 Å². The van der Waals surface area contributed by atoms with Crippen LogP contribution in [-0.4, -0.2) is 17.7 Å². The van der Waals surface area contributed by atoms with Gasteiger partial charge in [-0.2, -0.15) is 13.2 Å². The molecule has 0 fully saturated rings. The molecule has 2 rings (SSSR count). The number of rotatable bonds is 3. The first-order valence-corrected chi connectivity index (χ1v) is 5.15. The molecular formula is C10H8ClF3N2O. The number of hydrogen-bond acceptors (Lipinski definition) is 3. The van der Waals surface area contributed by atoms with Gasteiger partial charge in [0.25, 0.3) is 0 Å². The Hall–Kier alpha value is -1.27. The quantitative estimate of drug-likeness (QED) is 0.925. The van der Waals surface area contributed by atoms with Crippen molar-refractivity contribution in [2.75, 3.05) is 6.54 Å². The second kappa shape index (κ2) is 4.54. The van der Waals surface area contributed by atoms with Crippen molar-refractivity contribution < 1.29 is 17.6 Å². The van der Waals surface area contributed by atoms with E-state index in [-0.39, 0.29) is 12.4 Å². The SMILES string of the molecule is FC(F)(F)CNCc1nc2cccc(Cl)c2o1. The summed E-state index contributed by atoms with van der Waals surface area (Å²) in [5.41, 5.74) is 0.916. The zero-order chi connectivity index (χ0) is 12.5. The number of fused-ring (bicyclic) bond motifs is 1. The van der Waals surface area contributed by atoms with Crippen LogP contribution >= 0.6 is 11.6 Å². The van der Waals surface area contributed by atoms with Crippen LogP contribution in [-0.2, 0) is 6.54 Å². The molecule has 7 heteroatoms. The van der Waals surface area contributed by atoms with Crippen LogP contribution in [0.25, 0.3) is 11.1 Å². The van der Waals surface area contributed by atoms with E-state index in [1.54, 1.807) is 18.2 Å². The fourth-order valence-electron chi connectivity index (χ4n) is 1.35. The smallest absolute Gasteiger partial charge is 0.401 e. The topological polar surface area (TPSA) is 38.1 Å². The standard InChI is InChI=1S/C10H8ClF3N2O/c11-6-2-1-3-7-9(6)17-8(16-7)4-15-5-10(12,13)14/h1-3,15H,4-5H2. The molecule has 0 saturated heterocycles. The molecule has 1 heterocycles. The average Bonchev–Trinajstić information content (AvgIpc) is 2.60. The number of benzene rings is 1. The van der Waals surface area contributed by atoms with E-state index in [2.05, 4.69) is 10.3 Å². The number of nitrogens with one attached hydrogen (secondary N) is 1. The number of nitrogens with zero attached hydrogens (tertiary/aromatic N) is 1. The number of alkyl halides is 3. The van der Waals surface area contributed by atoms with E-state index < -0.39 is 12.7 Å². The summed E-state index contributed by atoms with van der Waals surface area (Å²) in [4.78, 5) is 4.01. The number of hydrogen-bond donors (Lipinski definition) is 1. The maximum Gasteiger partial charge on any atom is 0.401 e. The Morgan fingerprint density at radius 1 is 1.35 bits per heavy atom. The molecule has 0 spiro atoms. The van der Waals surface area contributed by atoms with Crippen molar-refractivity contribution in [1.82, 2.24) is 10.3 Å². The van der Waals surface area contributed by atoms with Crippen LogP contribution in [0, 0.1) is 0 Å². The fraction of sp³-hybridized carbons (Fsp3) is 0.300. The molecular weight excluding hydrogens is 257 g/mol. The van der Waals surface area contributed by atoms with Gasteiger partial charge in [0.2, 0.25) is 5.89 Å². The van der Waals surface area contributed by atoms with Gasteiger partial charge >= 0.3 is 6.18 Å². The van der Waals surface area contributed by atoms with Crippen molar-refractivity contribution in [2.24, 2.45) is 0 Å². The largest absolute Gasteiger partial charge is 0.438 e. The summed E-state index contributed by atoms with van der Waals surface area (Å²) in [6.45, 7) is -1.18. The molecule has 1 aromatic heterocycles. The molecule has 92 valence electrons. The van der Waals surface area contributed by atoms with Crippen LogP contribution in [0.15, 0.2) is 22.6 Å². The Morgan fingerprint density at radius 3 is 2.76 bits per heavy atom. The second-order valence-electron chi connectivity index (χ2n) is 3.41. The molecule has 0 atom stereocenters. The Balaban J connectivity index is 2.07. The molecule has 0 bridgehead atoms. The number of aromatic nitrogens is 1. The van der Waals surface area contributed by atoms with E-state index >= 15 is 0 Å². The molecule has 0 aliphatic rings. The van der Waals surface area contributed by atoms with Gasteiger partial charge in [-0.3, -0.25) is 0 Å². The third-order valence-electron chi connectivity index (χ3n) is 2.01. The zero-order valence-corrected chi connectivity index (χ0v) is 9.27. The summed E-state index contributed by atoms with van der Waals surface area (Å²) in [6.07, 6.45) is -4.25. The van der Waals surface area contributed by atoms with Crippen molar-refractivity contribution in [3.8, 4) is 0 Å². The summed E-state index contributed by atoms with van der Waals surface area (Å²) in [6, 6.07) is 5.00. The summed E-state index contributed by atoms with van der Waals surface area (Å²) in [5, 5.41) is 2.58. The Labute approximate surface area is 99.6 Å². The van der Waals surface area contributed by atoms with Crippen molar-refractivity contribution >= 4 is 22.7 Å². The van der Waals surface area contributed by atoms with E-state index in [4.69, 9.17) is 16.0 Å². The van der Waals surface area contributed by atoms with E-state index in [9.17, 15) is 13.2 Å². The first-order valence-electron chi connectivity index (χ1n) is 4.77. The van der Waals surface area contributed by atoms with Gasteiger partial charge < -0.3 is 9.73 Å². The zero-order valence-electron chi connectivity index (χ0n) is 8.51. The molecule has 1 aromatic carbocycles. The van der Waals surface area contributed by atoms with E-state index in [0.717, 1.165) is 0 Å². The van der Waals surface area contributed by atoms with Gasteiger partial charge in [-0.15, -0.1) is 0 Å². The molecule has 17 heavy (non-hydrogen) atoms. The van der Waals surface area contributed by atoms with Gasteiger partial charge in [0.1, 0.15) is 5.52 Å². The summed E-state index contributed by atoms with van der Waals surface area (Å²) in [5.74, 6) is 0.178. The lowest BCUT2D eigenvalue weighted by atomic mass is 10.3. The minimum Gasteiger partial charge on any atom is -0.438 e. The minimum atomic E-state index is -4.25. The molecule has 0 aliphatic heterocycles. The van der Waals surface area contributed by atoms with E-state index in [1.165, 1.54) is 0 Å². The third-order valence-corrected chi connectivity index (χ3v) is 2.31. The van der Waals surface area contributed by atoms with Gasteiger partial charge in [0, 0.05) is 0 Å². The van der Waals surface area contributed by atoms with Crippen LogP contribution in [0.2, 0.25) is 5.02 Å². The number of oxazole rings is 1. The molecule has 0 radical (unpaired) electrons. The van der Waals surface area contributed by atoms with Crippen molar-refractivity contribution in [3.05, 3.63) is 29.1 Å². The highest BCUT2D eigenvalue weighted by molar-refractivity contribution is 6.34. The first kappa shape index (κ1) is 12.2. The Morgan fingerprint density at radius 2 is 2.12 bits per heavy atom. The van der Waals surface area contributed by atoms with Crippen LogP contribution in [0.4, 0.5) is 13.2 Å². The Bertz CT molecular complexity index is 524. The lowest BCUT2D eigenvalue weighted by molar-refractivity contribution is -0.125. The molecule has 0 aliphatic carbocycles. The van der Waals surface area contributed by atoms with Gasteiger partial charge in [-0.1, -0.05) is 17.7 Å². The van der Waals surface area contributed by atoms with Crippen molar-refractivity contribution in [2.45, 2.75) is 12.7 Å². The number of para-hydroxylation sites is 1. The molecule has 1 N–H and O–H groups in total. The molecule has 3 nitrogen and oxygen atoms in total. The maximum absolute atomic E-state index is 11.9.